The Morgan fingerprint density at radius 3 is 1.38 bits per heavy atom. The van der Waals surface area contributed by atoms with Gasteiger partial charge in [-0.3, -0.25) is 6.92 Å². The molecule has 0 radical (unpaired) electrons. The Morgan fingerprint density at radius 2 is 1.38 bits per heavy atom. The van der Waals surface area contributed by atoms with Crippen molar-refractivity contribution in [2.24, 2.45) is 0 Å². The summed E-state index contributed by atoms with van der Waals surface area (Å²) < 4.78 is 0.958. The fourth-order valence-corrected chi connectivity index (χ4v) is 0. The van der Waals surface area contributed by atoms with Crippen LogP contribution in [0.2, 0.25) is 0 Å². The van der Waals surface area contributed by atoms with Crippen molar-refractivity contribution in [2.45, 2.75) is 0 Å². The third kappa shape index (κ3) is 15.7. The second-order valence-corrected chi connectivity index (χ2v) is 2.51. The molecule has 0 aliphatic rings. The Balaban J connectivity index is -0.000000125. The number of rotatable bonds is 1. The second-order valence-electron chi connectivity index (χ2n) is 2.51. The van der Waals surface area contributed by atoms with Crippen molar-refractivity contribution in [3.05, 3.63) is 14.4 Å². The molecule has 0 aliphatic heterocycles. The van der Waals surface area contributed by atoms with Gasteiger partial charge < -0.3 is 11.9 Å². The van der Waals surface area contributed by atoms with E-state index in [0.29, 0.717) is 0 Å². The van der Waals surface area contributed by atoms with E-state index in [2.05, 4.69) is 28.1 Å². The van der Waals surface area contributed by atoms with E-state index in [-0.39, 0.29) is 38.5 Å². The first kappa shape index (κ1) is 16.0. The Labute approximate surface area is 77.4 Å². The summed E-state index contributed by atoms with van der Waals surface area (Å²) in [6, 6.07) is 0. The predicted octanol–water partition coefficient (Wildman–Crippen LogP) is 0.977. The van der Waals surface area contributed by atoms with Gasteiger partial charge in [0.25, 0.3) is 0 Å². The Kier molecular flexibility index (Phi) is 12.3. The summed E-state index contributed by atoms with van der Waals surface area (Å²) in [5.41, 5.74) is 0. The van der Waals surface area contributed by atoms with Crippen molar-refractivity contribution in [2.75, 3.05) is 27.7 Å². The molecule has 0 fully saturated rings. The van der Waals surface area contributed by atoms with E-state index >= 15 is 0 Å². The number of hydrogen-bond donors (Lipinski definition) is 0. The predicted molar refractivity (Wildman–Crippen MR) is 34.7 cm³/mol. The van der Waals surface area contributed by atoms with Crippen molar-refractivity contribution in [3.8, 4) is 0 Å². The zero-order valence-corrected chi connectivity index (χ0v) is 10.5. The third-order valence-corrected chi connectivity index (χ3v) is 0.671. The fourth-order valence-electron chi connectivity index (χ4n) is 0. The van der Waals surface area contributed by atoms with Gasteiger partial charge in [-0.25, -0.2) is 0 Å². The molecular weight excluding hydrogens is 324 g/mol. The van der Waals surface area contributed by atoms with Crippen LogP contribution in [0.15, 0.2) is 0 Å². The Hall–Kier alpha value is 1.01. The molecule has 0 spiro atoms. The van der Waals surface area contributed by atoms with Gasteiger partial charge in [-0.1, -0.05) is 0 Å². The molecule has 0 unspecified atom stereocenters. The second kappa shape index (κ2) is 6.14. The summed E-state index contributed by atoms with van der Waals surface area (Å²) >= 11 is 0. The van der Waals surface area contributed by atoms with Crippen LogP contribution in [-0.4, -0.2) is 32.2 Å². The Morgan fingerprint density at radius 1 is 1.25 bits per heavy atom. The quantitative estimate of drug-likeness (QED) is 0.493. The maximum Gasteiger partial charge on any atom is 2.00 e. The molecule has 0 saturated carbocycles. The SMILES string of the molecule is [CH2-]C[N+](C)(C)C.[CH3-].[U+2]. The largest absolute Gasteiger partial charge is 2.00 e. The van der Waals surface area contributed by atoms with E-state index in [4.69, 9.17) is 0 Å². The smallest absolute Gasteiger partial charge is 0.358 e. The van der Waals surface area contributed by atoms with E-state index < -0.39 is 0 Å². The minimum Gasteiger partial charge on any atom is -0.358 e. The summed E-state index contributed by atoms with van der Waals surface area (Å²) in [7, 11) is 6.35. The molecule has 0 heterocycles. The molecule has 1 nitrogen and oxygen atoms in total. The van der Waals surface area contributed by atoms with Gasteiger partial charge >= 0.3 is 31.1 Å². The van der Waals surface area contributed by atoms with Crippen LogP contribution in [0.1, 0.15) is 0 Å². The molecule has 2 heteroatoms. The molecule has 48 valence electrons. The minimum atomic E-state index is 0. The zero-order chi connectivity index (χ0) is 5.21. The molecule has 0 bridgehead atoms. The van der Waals surface area contributed by atoms with Crippen LogP contribution >= 0.6 is 0 Å². The molecule has 0 saturated heterocycles. The van der Waals surface area contributed by atoms with Gasteiger partial charge in [-0.15, -0.1) is 0 Å². The molecule has 0 N–H and O–H groups in total. The molecule has 0 aromatic carbocycles. The topological polar surface area (TPSA) is 0 Å². The van der Waals surface area contributed by atoms with Gasteiger partial charge in [0.1, 0.15) is 0 Å². The van der Waals surface area contributed by atoms with Gasteiger partial charge in [0, 0.05) is 0 Å². The average molecular weight is 340 g/mol. The summed E-state index contributed by atoms with van der Waals surface area (Å²) in [4.78, 5) is 0. The van der Waals surface area contributed by atoms with Gasteiger partial charge in [0.2, 0.25) is 0 Å². The van der Waals surface area contributed by atoms with Crippen molar-refractivity contribution >= 4 is 0 Å². The normalized spacial score (nSPS) is 9.00. The standard InChI is InChI=1S/C5H13N.CH3.U/c1-5-6(2,3)4;;/h1,5H2,2-4H3;1H3;/q;-1;+2. The molecule has 0 aromatic heterocycles. The first-order valence-electron chi connectivity index (χ1n) is 2.16. The number of hydrogen-bond acceptors (Lipinski definition) is 0. The van der Waals surface area contributed by atoms with Crippen LogP contribution in [0.25, 0.3) is 0 Å². The maximum absolute atomic E-state index is 3.73. The molecule has 0 rings (SSSR count). The summed E-state index contributed by atoms with van der Waals surface area (Å²) in [5, 5.41) is 0. The molecule has 0 atom stereocenters. The average Bonchev–Trinajstić information content (AvgIpc) is 1.35. The van der Waals surface area contributed by atoms with Crippen molar-refractivity contribution < 1.29 is 35.6 Å². The minimum absolute atomic E-state index is 0. The zero-order valence-electron chi connectivity index (χ0n) is 6.36. The third-order valence-electron chi connectivity index (χ3n) is 0.671. The van der Waals surface area contributed by atoms with E-state index in [1.807, 2.05) is 0 Å². The number of nitrogens with zero attached hydrogens (tertiary/aromatic N) is 1. The van der Waals surface area contributed by atoms with Crippen LogP contribution in [-0.2, 0) is 0 Å². The first-order valence-corrected chi connectivity index (χ1v) is 2.16. The van der Waals surface area contributed by atoms with Crippen LogP contribution < -0.4 is 0 Å². The molecule has 0 aromatic rings. The molecule has 0 aliphatic carbocycles. The van der Waals surface area contributed by atoms with Gasteiger partial charge in [0.15, 0.2) is 0 Å². The molecule has 8 heavy (non-hydrogen) atoms. The Bertz CT molecular complexity index is 38.3. The monoisotopic (exact) mass is 340 g/mol. The van der Waals surface area contributed by atoms with Gasteiger partial charge in [-0.2, -0.15) is 0 Å². The van der Waals surface area contributed by atoms with Crippen LogP contribution in [0, 0.1) is 45.5 Å². The van der Waals surface area contributed by atoms with Gasteiger partial charge in [0.05, 0.1) is 21.1 Å². The molecule has 0 amide bonds. The van der Waals surface area contributed by atoms with Gasteiger partial charge in [-0.05, 0) is 6.54 Å². The molecular formula is C6H16NU+. The fraction of sp³-hybridized carbons (Fsp3) is 0.667. The van der Waals surface area contributed by atoms with E-state index in [0.717, 1.165) is 11.0 Å². The van der Waals surface area contributed by atoms with Crippen molar-refractivity contribution in [1.29, 1.82) is 0 Å². The summed E-state index contributed by atoms with van der Waals surface area (Å²) in [6.45, 7) is 4.69. The van der Waals surface area contributed by atoms with Crippen LogP contribution in [0.4, 0.5) is 0 Å². The van der Waals surface area contributed by atoms with E-state index in [1.165, 1.54) is 0 Å². The van der Waals surface area contributed by atoms with Crippen LogP contribution in [0.3, 0.4) is 0 Å². The van der Waals surface area contributed by atoms with Crippen molar-refractivity contribution in [3.63, 3.8) is 0 Å². The van der Waals surface area contributed by atoms with Crippen molar-refractivity contribution in [1.82, 2.24) is 0 Å². The van der Waals surface area contributed by atoms with E-state index in [9.17, 15) is 0 Å². The summed E-state index contributed by atoms with van der Waals surface area (Å²) in [5.74, 6) is 0. The van der Waals surface area contributed by atoms with E-state index in [1.54, 1.807) is 0 Å². The first-order chi connectivity index (χ1) is 2.56. The number of quaternary nitrogens is 1. The van der Waals surface area contributed by atoms with Crippen LogP contribution in [0.5, 0.6) is 0 Å². The maximum atomic E-state index is 3.73. The summed E-state index contributed by atoms with van der Waals surface area (Å²) in [6.07, 6.45) is 0.